The predicted octanol–water partition coefficient (Wildman–Crippen LogP) is 4.07. The minimum atomic E-state index is -0.406. The van der Waals surface area contributed by atoms with E-state index in [1.165, 1.54) is 40.2 Å². The largest absolute Gasteiger partial charge is 0.495 e. The zero-order chi connectivity index (χ0) is 31.1. The lowest BCUT2D eigenvalue weighted by molar-refractivity contribution is -0.384. The molecule has 0 N–H and O–H groups in total. The Balaban J connectivity index is 0.000000230. The summed E-state index contributed by atoms with van der Waals surface area (Å²) in [6, 6.07) is 6.22. The maximum absolute atomic E-state index is 11.3. The number of nitrogens with zero attached hydrogens (tertiary/aromatic N) is 6. The molecule has 2 aliphatic heterocycles. The average Bonchev–Trinajstić information content (AvgIpc) is 2.97. The Hall–Kier alpha value is -3.66. The number of hydrogen-bond acceptors (Lipinski definition) is 10. The number of benzene rings is 2. The quantitative estimate of drug-likeness (QED) is 0.316. The normalized spacial score (nSPS) is 15.0. The van der Waals surface area contributed by atoms with Gasteiger partial charge in [-0.25, -0.2) is 0 Å². The van der Waals surface area contributed by atoms with Crippen molar-refractivity contribution < 1.29 is 28.9 Å². The fourth-order valence-electron chi connectivity index (χ4n) is 4.70. The Kier molecular flexibility index (Phi) is 11.3. The first-order valence-electron chi connectivity index (χ1n) is 12.9. The van der Waals surface area contributed by atoms with Crippen LogP contribution in [0.1, 0.15) is 13.8 Å². The van der Waals surface area contributed by atoms with Crippen LogP contribution in [-0.2, 0) is 9.59 Å². The molecule has 4 rings (SSSR count). The third-order valence-corrected chi connectivity index (χ3v) is 8.26. The summed E-state index contributed by atoms with van der Waals surface area (Å²) in [5.74, 6) is 1.14. The first kappa shape index (κ1) is 32.8. The molecule has 2 fully saturated rings. The van der Waals surface area contributed by atoms with Crippen LogP contribution in [0.25, 0.3) is 0 Å². The van der Waals surface area contributed by atoms with Gasteiger partial charge in [-0.05, 0) is 31.9 Å². The Morgan fingerprint density at radius 2 is 0.976 bits per heavy atom. The molecule has 0 unspecified atom stereocenters. The number of methoxy groups -OCH3 is 2. The van der Waals surface area contributed by atoms with Gasteiger partial charge in [-0.1, -0.05) is 0 Å². The van der Waals surface area contributed by atoms with Gasteiger partial charge in [0.25, 0.3) is 11.4 Å². The Morgan fingerprint density at radius 1 is 0.667 bits per heavy atom. The van der Waals surface area contributed by atoms with E-state index < -0.39 is 9.85 Å². The van der Waals surface area contributed by atoms with E-state index >= 15 is 0 Å². The van der Waals surface area contributed by atoms with Crippen molar-refractivity contribution in [3.63, 3.8) is 0 Å². The summed E-state index contributed by atoms with van der Waals surface area (Å²) < 4.78 is 11.5. The first-order valence-corrected chi connectivity index (χ1v) is 14.5. The maximum atomic E-state index is 11.3. The van der Waals surface area contributed by atoms with E-state index in [1.807, 2.05) is 9.80 Å². The van der Waals surface area contributed by atoms with Crippen LogP contribution in [0.3, 0.4) is 0 Å². The highest BCUT2D eigenvalue weighted by Gasteiger charge is 2.28. The monoisotopic (exact) mass is 714 g/mol. The minimum absolute atomic E-state index is 0.0255. The van der Waals surface area contributed by atoms with Crippen LogP contribution in [0.15, 0.2) is 33.2 Å². The molecule has 2 heterocycles. The van der Waals surface area contributed by atoms with Crippen molar-refractivity contribution in [1.82, 2.24) is 9.80 Å². The van der Waals surface area contributed by atoms with Crippen molar-refractivity contribution in [1.29, 1.82) is 0 Å². The van der Waals surface area contributed by atoms with Crippen LogP contribution in [0.4, 0.5) is 22.7 Å². The van der Waals surface area contributed by atoms with Crippen molar-refractivity contribution in [2.24, 2.45) is 0 Å². The molecule has 2 aromatic rings. The topological polar surface area (TPSA) is 152 Å². The van der Waals surface area contributed by atoms with Crippen LogP contribution in [0, 0.1) is 20.2 Å². The molecule has 14 nitrogen and oxygen atoms in total. The number of ether oxygens (including phenoxy) is 2. The summed E-state index contributed by atoms with van der Waals surface area (Å²) in [4.78, 5) is 51.6. The number of halogens is 2. The van der Waals surface area contributed by atoms with Crippen LogP contribution in [0.5, 0.6) is 11.5 Å². The SMILES string of the molecule is COc1cc(N2CCN(C(C)=O)CC2)c([N+](=O)[O-])cc1Br.COc1cc(N2CCN(C(C)=O)CC2)c([N+](=O)[O-])cc1Br. The predicted molar refractivity (Wildman–Crippen MR) is 164 cm³/mol. The lowest BCUT2D eigenvalue weighted by atomic mass is 10.2. The molecule has 16 heteroatoms. The molecule has 228 valence electrons. The van der Waals surface area contributed by atoms with E-state index in [1.54, 1.807) is 21.9 Å². The number of amides is 2. The zero-order valence-corrected chi connectivity index (χ0v) is 26.8. The van der Waals surface area contributed by atoms with Crippen molar-refractivity contribution >= 4 is 66.4 Å². The second kappa shape index (κ2) is 14.5. The smallest absolute Gasteiger partial charge is 0.293 e. The van der Waals surface area contributed by atoms with Gasteiger partial charge in [-0.15, -0.1) is 0 Å². The number of hydrogen-bond donors (Lipinski definition) is 0. The van der Waals surface area contributed by atoms with E-state index in [9.17, 15) is 29.8 Å². The molecule has 0 aliphatic carbocycles. The highest BCUT2D eigenvalue weighted by atomic mass is 79.9. The molecule has 0 spiro atoms. The van der Waals surface area contributed by atoms with Gasteiger partial charge < -0.3 is 29.1 Å². The molecule has 2 aliphatic rings. The van der Waals surface area contributed by atoms with Gasteiger partial charge >= 0.3 is 0 Å². The fraction of sp³-hybridized carbons (Fsp3) is 0.462. The standard InChI is InChI=1S/2C13H16BrN3O4/c2*1-9(18)15-3-5-16(6-4-15)11-8-13(21-2)10(14)7-12(11)17(19)20/h2*7-8H,3-6H2,1-2H3. The molecule has 42 heavy (non-hydrogen) atoms. The van der Waals surface area contributed by atoms with Gasteiger partial charge in [0.2, 0.25) is 11.8 Å². The van der Waals surface area contributed by atoms with Gasteiger partial charge in [0.15, 0.2) is 0 Å². The number of nitro benzene ring substituents is 2. The Bertz CT molecular complexity index is 1240. The van der Waals surface area contributed by atoms with Gasteiger partial charge in [-0.3, -0.25) is 29.8 Å². The number of carbonyl (C=O) groups excluding carboxylic acids is 2. The van der Waals surface area contributed by atoms with E-state index in [0.29, 0.717) is 84.2 Å². The Labute approximate surface area is 259 Å². The molecule has 2 saturated heterocycles. The summed E-state index contributed by atoms with van der Waals surface area (Å²) in [6.45, 7) is 7.54. The molecule has 0 radical (unpaired) electrons. The summed E-state index contributed by atoms with van der Waals surface area (Å²) in [6.07, 6.45) is 0. The van der Waals surface area contributed by atoms with Crippen molar-refractivity contribution in [3.8, 4) is 11.5 Å². The van der Waals surface area contributed by atoms with Crippen LogP contribution in [-0.4, -0.2) is 98.0 Å². The summed E-state index contributed by atoms with van der Waals surface area (Å²) in [7, 11) is 3.03. The molecular weight excluding hydrogens is 684 g/mol. The molecule has 2 amide bonds. The average molecular weight is 716 g/mol. The van der Waals surface area contributed by atoms with E-state index in [2.05, 4.69) is 31.9 Å². The minimum Gasteiger partial charge on any atom is -0.495 e. The van der Waals surface area contributed by atoms with E-state index in [-0.39, 0.29) is 23.2 Å². The van der Waals surface area contributed by atoms with E-state index in [4.69, 9.17) is 9.47 Å². The van der Waals surface area contributed by atoms with Gasteiger partial charge in [0.05, 0.1) is 33.0 Å². The third kappa shape index (κ3) is 7.79. The summed E-state index contributed by atoms with van der Waals surface area (Å²) in [5.41, 5.74) is 1.09. The molecular formula is C26H32Br2N6O8. The van der Waals surface area contributed by atoms with Crippen molar-refractivity contribution in [2.75, 3.05) is 76.4 Å². The summed E-state index contributed by atoms with van der Waals surface area (Å²) >= 11 is 6.52. The van der Waals surface area contributed by atoms with Crippen LogP contribution >= 0.6 is 31.9 Å². The number of rotatable bonds is 6. The Morgan fingerprint density at radius 3 is 1.21 bits per heavy atom. The van der Waals surface area contributed by atoms with Crippen LogP contribution < -0.4 is 19.3 Å². The number of anilines is 2. The molecule has 0 aromatic heterocycles. The summed E-state index contributed by atoms with van der Waals surface area (Å²) in [5, 5.41) is 22.5. The third-order valence-electron chi connectivity index (χ3n) is 7.02. The maximum Gasteiger partial charge on any atom is 0.293 e. The number of nitro groups is 2. The van der Waals surface area contributed by atoms with Crippen molar-refractivity contribution in [2.45, 2.75) is 13.8 Å². The van der Waals surface area contributed by atoms with Gasteiger partial charge in [0.1, 0.15) is 22.9 Å². The zero-order valence-electron chi connectivity index (χ0n) is 23.7. The molecule has 0 atom stereocenters. The van der Waals surface area contributed by atoms with E-state index in [0.717, 1.165) is 0 Å². The highest BCUT2D eigenvalue weighted by molar-refractivity contribution is 9.11. The first-order chi connectivity index (χ1) is 19.9. The van der Waals surface area contributed by atoms with Gasteiger partial charge in [0, 0.05) is 90.5 Å². The second-order valence-corrected chi connectivity index (χ2v) is 11.2. The van der Waals surface area contributed by atoms with Crippen LogP contribution in [0.2, 0.25) is 0 Å². The molecule has 2 aromatic carbocycles. The number of piperazine rings is 2. The number of carbonyl (C=O) groups is 2. The molecule has 0 bridgehead atoms. The lowest BCUT2D eigenvalue weighted by Gasteiger charge is -2.35. The lowest BCUT2D eigenvalue weighted by Crippen LogP contribution is -2.48. The van der Waals surface area contributed by atoms with Crippen molar-refractivity contribution in [3.05, 3.63) is 53.4 Å². The fourth-order valence-corrected chi connectivity index (χ4v) is 5.69. The van der Waals surface area contributed by atoms with Gasteiger partial charge in [-0.2, -0.15) is 0 Å². The molecule has 0 saturated carbocycles. The second-order valence-electron chi connectivity index (χ2n) is 9.45. The highest BCUT2D eigenvalue weighted by Crippen LogP contribution is 2.39.